The topological polar surface area (TPSA) is 36.9 Å². The van der Waals surface area contributed by atoms with Gasteiger partial charge in [0, 0.05) is 32.6 Å². The fourth-order valence-corrected chi connectivity index (χ4v) is 1.96. The summed E-state index contributed by atoms with van der Waals surface area (Å²) in [4.78, 5) is 7.48. The summed E-state index contributed by atoms with van der Waals surface area (Å²) >= 11 is 0. The van der Waals surface area contributed by atoms with Crippen LogP contribution in [0.2, 0.25) is 0 Å². The van der Waals surface area contributed by atoms with Crippen molar-refractivity contribution in [2.75, 3.05) is 39.3 Å². The van der Waals surface area contributed by atoms with Gasteiger partial charge in [-0.05, 0) is 19.4 Å². The standard InChI is InChI=1S/C10H19N3O/c1(2-10-3-9-14-12-10)6-13-7-4-11-5-8-13/h11H,1-9H2. The van der Waals surface area contributed by atoms with Crippen molar-refractivity contribution in [2.45, 2.75) is 19.3 Å². The van der Waals surface area contributed by atoms with Crippen LogP contribution in [0.5, 0.6) is 0 Å². The average Bonchev–Trinajstić information content (AvgIpc) is 2.72. The third-order valence-electron chi connectivity index (χ3n) is 2.82. The molecule has 0 aliphatic carbocycles. The molecule has 2 heterocycles. The van der Waals surface area contributed by atoms with E-state index in [0.29, 0.717) is 0 Å². The van der Waals surface area contributed by atoms with E-state index >= 15 is 0 Å². The van der Waals surface area contributed by atoms with Gasteiger partial charge in [0.2, 0.25) is 0 Å². The number of piperazine rings is 1. The lowest BCUT2D eigenvalue weighted by atomic mass is 10.1. The molecule has 80 valence electrons. The first kappa shape index (κ1) is 9.93. The van der Waals surface area contributed by atoms with Crippen molar-refractivity contribution in [1.29, 1.82) is 0 Å². The van der Waals surface area contributed by atoms with E-state index in [1.165, 1.54) is 31.8 Å². The Bertz CT molecular complexity index is 200. The van der Waals surface area contributed by atoms with Crippen molar-refractivity contribution in [1.82, 2.24) is 10.2 Å². The predicted octanol–water partition coefficient (Wildman–Crippen LogP) is 0.448. The molecule has 0 amide bonds. The summed E-state index contributed by atoms with van der Waals surface area (Å²) < 4.78 is 0. The summed E-state index contributed by atoms with van der Waals surface area (Å²) in [6.45, 7) is 6.68. The van der Waals surface area contributed by atoms with Crippen LogP contribution in [0.4, 0.5) is 0 Å². The molecule has 2 rings (SSSR count). The van der Waals surface area contributed by atoms with Crippen LogP contribution in [0.1, 0.15) is 19.3 Å². The fourth-order valence-electron chi connectivity index (χ4n) is 1.96. The first-order valence-corrected chi connectivity index (χ1v) is 5.56. The predicted molar refractivity (Wildman–Crippen MR) is 56.5 cm³/mol. The van der Waals surface area contributed by atoms with Gasteiger partial charge in [0.1, 0.15) is 6.61 Å². The lowest BCUT2D eigenvalue weighted by Gasteiger charge is -2.26. The van der Waals surface area contributed by atoms with Crippen LogP contribution < -0.4 is 5.32 Å². The summed E-state index contributed by atoms with van der Waals surface area (Å²) in [5, 5.41) is 7.36. The molecule has 0 unspecified atom stereocenters. The normalized spacial score (nSPS) is 23.3. The number of oxime groups is 1. The molecular weight excluding hydrogens is 178 g/mol. The van der Waals surface area contributed by atoms with Gasteiger partial charge in [-0.2, -0.15) is 0 Å². The average molecular weight is 197 g/mol. The van der Waals surface area contributed by atoms with Crippen molar-refractivity contribution in [3.63, 3.8) is 0 Å². The van der Waals surface area contributed by atoms with Gasteiger partial charge in [-0.1, -0.05) is 5.16 Å². The van der Waals surface area contributed by atoms with E-state index in [1.54, 1.807) is 0 Å². The maximum atomic E-state index is 4.96. The molecule has 14 heavy (non-hydrogen) atoms. The zero-order chi connectivity index (χ0) is 9.64. The monoisotopic (exact) mass is 197 g/mol. The van der Waals surface area contributed by atoms with Gasteiger partial charge in [0.25, 0.3) is 0 Å². The number of hydrogen-bond donors (Lipinski definition) is 1. The molecule has 0 spiro atoms. The van der Waals surface area contributed by atoms with Crippen molar-refractivity contribution >= 4 is 5.71 Å². The number of rotatable bonds is 4. The van der Waals surface area contributed by atoms with Crippen LogP contribution in [-0.2, 0) is 4.84 Å². The van der Waals surface area contributed by atoms with Gasteiger partial charge in [-0.25, -0.2) is 0 Å². The van der Waals surface area contributed by atoms with Crippen molar-refractivity contribution in [3.8, 4) is 0 Å². The highest BCUT2D eigenvalue weighted by Gasteiger charge is 2.11. The third kappa shape index (κ3) is 2.96. The molecule has 0 atom stereocenters. The summed E-state index contributed by atoms with van der Waals surface area (Å²) in [6.07, 6.45) is 3.38. The van der Waals surface area contributed by atoms with E-state index in [9.17, 15) is 0 Å². The lowest BCUT2D eigenvalue weighted by Crippen LogP contribution is -2.43. The van der Waals surface area contributed by atoms with Gasteiger partial charge in [0.15, 0.2) is 0 Å². The smallest absolute Gasteiger partial charge is 0.122 e. The maximum absolute atomic E-state index is 4.96. The van der Waals surface area contributed by atoms with Crippen molar-refractivity contribution in [3.05, 3.63) is 0 Å². The largest absolute Gasteiger partial charge is 0.395 e. The van der Waals surface area contributed by atoms with Gasteiger partial charge in [-0.15, -0.1) is 0 Å². The Kier molecular flexibility index (Phi) is 3.77. The highest BCUT2D eigenvalue weighted by Crippen LogP contribution is 2.06. The van der Waals surface area contributed by atoms with Crippen LogP contribution in [-0.4, -0.2) is 49.9 Å². The zero-order valence-electron chi connectivity index (χ0n) is 8.67. The Morgan fingerprint density at radius 2 is 2.21 bits per heavy atom. The minimum atomic E-state index is 0.795. The molecule has 2 aliphatic heterocycles. The van der Waals surface area contributed by atoms with E-state index < -0.39 is 0 Å². The first-order valence-electron chi connectivity index (χ1n) is 5.56. The van der Waals surface area contributed by atoms with Crippen LogP contribution in [0, 0.1) is 0 Å². The molecule has 0 bridgehead atoms. The molecule has 0 aromatic rings. The Hall–Kier alpha value is -0.610. The van der Waals surface area contributed by atoms with Crippen molar-refractivity contribution < 1.29 is 4.84 Å². The van der Waals surface area contributed by atoms with E-state index in [0.717, 1.165) is 32.5 Å². The SMILES string of the molecule is C(CC1=NOCC1)CN1CCNCC1. The third-order valence-corrected chi connectivity index (χ3v) is 2.82. The van der Waals surface area contributed by atoms with Crippen LogP contribution in [0.25, 0.3) is 0 Å². The summed E-state index contributed by atoms with van der Waals surface area (Å²) in [5.74, 6) is 0. The molecule has 0 aromatic heterocycles. The van der Waals surface area contributed by atoms with Gasteiger partial charge >= 0.3 is 0 Å². The molecule has 1 N–H and O–H groups in total. The van der Waals surface area contributed by atoms with Gasteiger partial charge in [0.05, 0.1) is 5.71 Å². The highest BCUT2D eigenvalue weighted by molar-refractivity contribution is 5.84. The number of nitrogens with zero attached hydrogens (tertiary/aromatic N) is 2. The number of nitrogens with one attached hydrogen (secondary N) is 1. The second kappa shape index (κ2) is 5.32. The summed E-state index contributed by atoms with van der Waals surface area (Å²) in [5.41, 5.74) is 1.25. The van der Waals surface area contributed by atoms with Crippen molar-refractivity contribution in [2.24, 2.45) is 5.16 Å². The molecular formula is C10H19N3O. The van der Waals surface area contributed by atoms with Crippen LogP contribution >= 0.6 is 0 Å². The molecule has 0 saturated carbocycles. The molecule has 4 nitrogen and oxygen atoms in total. The van der Waals surface area contributed by atoms with E-state index in [4.69, 9.17) is 4.84 Å². The highest BCUT2D eigenvalue weighted by atomic mass is 16.6. The molecule has 1 fully saturated rings. The molecule has 1 saturated heterocycles. The molecule has 0 aromatic carbocycles. The van der Waals surface area contributed by atoms with E-state index in [2.05, 4.69) is 15.4 Å². The van der Waals surface area contributed by atoms with Crippen LogP contribution in [0.15, 0.2) is 5.16 Å². The molecule has 4 heteroatoms. The molecule has 2 aliphatic rings. The summed E-state index contributed by atoms with van der Waals surface area (Å²) in [6, 6.07) is 0. The summed E-state index contributed by atoms with van der Waals surface area (Å²) in [7, 11) is 0. The number of hydrogen-bond acceptors (Lipinski definition) is 4. The maximum Gasteiger partial charge on any atom is 0.122 e. The minimum absolute atomic E-state index is 0.795. The molecule has 0 radical (unpaired) electrons. The van der Waals surface area contributed by atoms with E-state index in [1.807, 2.05) is 0 Å². The van der Waals surface area contributed by atoms with E-state index in [-0.39, 0.29) is 0 Å². The van der Waals surface area contributed by atoms with Crippen LogP contribution in [0.3, 0.4) is 0 Å². The lowest BCUT2D eigenvalue weighted by molar-refractivity contribution is 0.173. The quantitative estimate of drug-likeness (QED) is 0.711. The second-order valence-corrected chi connectivity index (χ2v) is 3.94. The first-order chi connectivity index (χ1) is 6.95. The van der Waals surface area contributed by atoms with Gasteiger partial charge < -0.3 is 15.1 Å². The van der Waals surface area contributed by atoms with Gasteiger partial charge in [-0.3, -0.25) is 0 Å². The zero-order valence-corrected chi connectivity index (χ0v) is 8.67. The Morgan fingerprint density at radius 3 is 2.93 bits per heavy atom. The Balaban J connectivity index is 1.57. The minimum Gasteiger partial charge on any atom is -0.395 e. The second-order valence-electron chi connectivity index (χ2n) is 3.94. The Morgan fingerprint density at radius 1 is 1.36 bits per heavy atom. The Labute approximate surface area is 85.3 Å². The fraction of sp³-hybridized carbons (Fsp3) is 0.900.